The van der Waals surface area contributed by atoms with Gasteiger partial charge in [-0.25, -0.2) is 13.8 Å². The monoisotopic (exact) mass is 312 g/mol. The quantitative estimate of drug-likeness (QED) is 0.841. The average Bonchev–Trinajstić information content (AvgIpc) is 2.34. The Kier molecular flexibility index (Phi) is 3.91. The van der Waals surface area contributed by atoms with Crippen molar-refractivity contribution in [2.24, 2.45) is 0 Å². The number of rotatable bonds is 3. The first-order valence-corrected chi connectivity index (χ1v) is 6.26. The fourth-order valence-electron chi connectivity index (χ4n) is 1.71. The Balaban J connectivity index is 2.49. The topological polar surface area (TPSA) is 16.1 Å². The third kappa shape index (κ3) is 2.51. The summed E-state index contributed by atoms with van der Waals surface area (Å²) in [6.45, 7) is 2.24. The third-order valence-electron chi connectivity index (χ3n) is 2.50. The van der Waals surface area contributed by atoms with E-state index in [0.29, 0.717) is 16.7 Å². The van der Waals surface area contributed by atoms with Gasteiger partial charge in [-0.2, -0.15) is 0 Å². The molecular formula is C13H11BrF2N2. The summed E-state index contributed by atoms with van der Waals surface area (Å²) in [6.07, 6.45) is 1.49. The molecular weight excluding hydrogens is 302 g/mol. The minimum Gasteiger partial charge on any atom is -0.322 e. The second-order valence-electron chi connectivity index (χ2n) is 3.65. The zero-order valence-corrected chi connectivity index (χ0v) is 11.3. The molecule has 94 valence electrons. The lowest BCUT2D eigenvalue weighted by atomic mass is 10.2. The molecule has 5 heteroatoms. The maximum Gasteiger partial charge on any atom is 0.169 e. The van der Waals surface area contributed by atoms with E-state index in [1.54, 1.807) is 18.2 Å². The van der Waals surface area contributed by atoms with Crippen molar-refractivity contribution < 1.29 is 8.78 Å². The molecule has 0 fully saturated rings. The van der Waals surface area contributed by atoms with Crippen LogP contribution in [0.5, 0.6) is 0 Å². The van der Waals surface area contributed by atoms with Crippen LogP contribution in [0, 0.1) is 11.6 Å². The number of aromatic nitrogens is 1. The fraction of sp³-hybridized carbons (Fsp3) is 0.154. The van der Waals surface area contributed by atoms with E-state index in [4.69, 9.17) is 0 Å². The number of anilines is 2. The molecule has 0 radical (unpaired) electrons. The summed E-state index contributed by atoms with van der Waals surface area (Å²) in [5, 5.41) is 0. The minimum absolute atomic E-state index is 0.116. The zero-order chi connectivity index (χ0) is 13.1. The number of hydrogen-bond acceptors (Lipinski definition) is 2. The van der Waals surface area contributed by atoms with E-state index in [2.05, 4.69) is 20.9 Å². The molecule has 0 atom stereocenters. The van der Waals surface area contributed by atoms with E-state index < -0.39 is 11.6 Å². The Morgan fingerprint density at radius 1 is 1.22 bits per heavy atom. The lowest BCUT2D eigenvalue weighted by molar-refractivity contribution is 0.608. The van der Waals surface area contributed by atoms with Gasteiger partial charge in [0.2, 0.25) is 0 Å². The van der Waals surface area contributed by atoms with E-state index in [-0.39, 0.29) is 5.82 Å². The first kappa shape index (κ1) is 13.0. The van der Waals surface area contributed by atoms with Gasteiger partial charge in [-0.15, -0.1) is 0 Å². The fourth-order valence-corrected chi connectivity index (χ4v) is 2.01. The first-order valence-electron chi connectivity index (χ1n) is 5.46. The van der Waals surface area contributed by atoms with Crippen LogP contribution in [-0.4, -0.2) is 11.5 Å². The molecule has 0 saturated carbocycles. The summed E-state index contributed by atoms with van der Waals surface area (Å²) in [7, 11) is 0. The number of hydrogen-bond donors (Lipinski definition) is 0. The molecule has 0 aliphatic carbocycles. The first-order chi connectivity index (χ1) is 8.63. The van der Waals surface area contributed by atoms with Gasteiger partial charge in [0.05, 0.1) is 5.69 Å². The number of benzene rings is 1. The van der Waals surface area contributed by atoms with Gasteiger partial charge in [-0.3, -0.25) is 0 Å². The van der Waals surface area contributed by atoms with E-state index in [0.717, 1.165) is 0 Å². The van der Waals surface area contributed by atoms with E-state index in [1.165, 1.54) is 23.2 Å². The Morgan fingerprint density at radius 2 is 1.94 bits per heavy atom. The normalized spacial score (nSPS) is 10.4. The van der Waals surface area contributed by atoms with Gasteiger partial charge >= 0.3 is 0 Å². The van der Waals surface area contributed by atoms with Crippen molar-refractivity contribution in [2.45, 2.75) is 6.92 Å². The summed E-state index contributed by atoms with van der Waals surface area (Å²) >= 11 is 3.14. The predicted molar refractivity (Wildman–Crippen MR) is 71.0 cm³/mol. The smallest absolute Gasteiger partial charge is 0.169 e. The molecule has 0 bridgehead atoms. The van der Waals surface area contributed by atoms with Gasteiger partial charge in [-0.1, -0.05) is 12.1 Å². The standard InChI is InChI=1S/C13H11BrF2N2/c1-2-18(12-6-4-3-5-10(12)15)13-11(16)7-9(14)8-17-13/h3-8H,2H2,1H3. The molecule has 1 aromatic heterocycles. The van der Waals surface area contributed by atoms with Gasteiger partial charge in [-0.05, 0) is 41.1 Å². The van der Waals surface area contributed by atoms with Crippen molar-refractivity contribution in [3.8, 4) is 0 Å². The van der Waals surface area contributed by atoms with Crippen LogP contribution in [0.15, 0.2) is 41.0 Å². The van der Waals surface area contributed by atoms with Crippen molar-refractivity contribution in [2.75, 3.05) is 11.4 Å². The largest absolute Gasteiger partial charge is 0.322 e. The highest BCUT2D eigenvalue weighted by atomic mass is 79.9. The lowest BCUT2D eigenvalue weighted by Gasteiger charge is -2.22. The van der Waals surface area contributed by atoms with Crippen LogP contribution in [0.1, 0.15) is 6.92 Å². The molecule has 0 aliphatic heterocycles. The Morgan fingerprint density at radius 3 is 2.56 bits per heavy atom. The van der Waals surface area contributed by atoms with E-state index in [9.17, 15) is 8.78 Å². The van der Waals surface area contributed by atoms with Crippen LogP contribution in [-0.2, 0) is 0 Å². The minimum atomic E-state index is -0.491. The number of halogens is 3. The molecule has 0 N–H and O–H groups in total. The van der Waals surface area contributed by atoms with Crippen molar-refractivity contribution in [1.82, 2.24) is 4.98 Å². The van der Waals surface area contributed by atoms with Gasteiger partial charge in [0, 0.05) is 17.2 Å². The Labute approximate surface area is 112 Å². The summed E-state index contributed by atoms with van der Waals surface area (Å²) < 4.78 is 28.1. The predicted octanol–water partition coefficient (Wildman–Crippen LogP) is 4.28. The van der Waals surface area contributed by atoms with Crippen molar-refractivity contribution in [3.05, 3.63) is 52.6 Å². The summed E-state index contributed by atoms with van der Waals surface area (Å²) in [5.41, 5.74) is 0.314. The molecule has 2 rings (SSSR count). The van der Waals surface area contributed by atoms with Crippen LogP contribution in [0.4, 0.5) is 20.3 Å². The van der Waals surface area contributed by atoms with E-state index >= 15 is 0 Å². The van der Waals surface area contributed by atoms with Crippen LogP contribution in [0.25, 0.3) is 0 Å². The van der Waals surface area contributed by atoms with Gasteiger partial charge in [0.1, 0.15) is 5.82 Å². The molecule has 0 unspecified atom stereocenters. The molecule has 0 spiro atoms. The maximum atomic E-state index is 13.8. The molecule has 1 aromatic carbocycles. The molecule has 0 amide bonds. The zero-order valence-electron chi connectivity index (χ0n) is 9.70. The highest BCUT2D eigenvalue weighted by molar-refractivity contribution is 9.10. The van der Waals surface area contributed by atoms with Crippen LogP contribution in [0.2, 0.25) is 0 Å². The lowest BCUT2D eigenvalue weighted by Crippen LogP contribution is -2.20. The van der Waals surface area contributed by atoms with Crippen LogP contribution >= 0.6 is 15.9 Å². The number of pyridine rings is 1. The second-order valence-corrected chi connectivity index (χ2v) is 4.57. The highest BCUT2D eigenvalue weighted by Crippen LogP contribution is 2.28. The highest BCUT2D eigenvalue weighted by Gasteiger charge is 2.16. The summed E-state index contributed by atoms with van der Waals surface area (Å²) in [5.74, 6) is -0.774. The molecule has 1 heterocycles. The second kappa shape index (κ2) is 5.44. The van der Waals surface area contributed by atoms with Crippen LogP contribution in [0.3, 0.4) is 0 Å². The van der Waals surface area contributed by atoms with Crippen LogP contribution < -0.4 is 4.90 Å². The third-order valence-corrected chi connectivity index (χ3v) is 2.94. The van der Waals surface area contributed by atoms with Crippen molar-refractivity contribution >= 4 is 27.4 Å². The van der Waals surface area contributed by atoms with Gasteiger partial charge in [0.15, 0.2) is 11.6 Å². The Hall–Kier alpha value is -1.49. The van der Waals surface area contributed by atoms with Crippen molar-refractivity contribution in [3.63, 3.8) is 0 Å². The van der Waals surface area contributed by atoms with Crippen molar-refractivity contribution in [1.29, 1.82) is 0 Å². The molecule has 18 heavy (non-hydrogen) atoms. The average molecular weight is 313 g/mol. The van der Waals surface area contributed by atoms with Gasteiger partial charge in [0.25, 0.3) is 0 Å². The number of nitrogens with zero attached hydrogens (tertiary/aromatic N) is 2. The SMILES string of the molecule is CCN(c1ccccc1F)c1ncc(Br)cc1F. The van der Waals surface area contributed by atoms with Gasteiger partial charge < -0.3 is 4.90 Å². The summed E-state index contributed by atoms with van der Waals surface area (Å²) in [6, 6.07) is 7.55. The Bertz CT molecular complexity index is 560. The molecule has 2 aromatic rings. The molecule has 0 saturated heterocycles. The molecule has 2 nitrogen and oxygen atoms in total. The van der Waals surface area contributed by atoms with E-state index in [1.807, 2.05) is 6.92 Å². The maximum absolute atomic E-state index is 13.8. The number of para-hydroxylation sites is 1. The molecule has 0 aliphatic rings. The summed E-state index contributed by atoms with van der Waals surface area (Å²) in [4.78, 5) is 5.50.